The minimum absolute atomic E-state index is 0.0903. The van der Waals surface area contributed by atoms with Crippen molar-refractivity contribution < 1.29 is 14.7 Å². The number of hydrogen-bond acceptors (Lipinski definition) is 3. The molecular formula is C14H18N2O3. The highest BCUT2D eigenvalue weighted by Gasteiger charge is 2.28. The van der Waals surface area contributed by atoms with Gasteiger partial charge in [0.25, 0.3) is 5.91 Å². The molecule has 1 heterocycles. The van der Waals surface area contributed by atoms with E-state index >= 15 is 0 Å². The van der Waals surface area contributed by atoms with Crippen LogP contribution in [0.2, 0.25) is 0 Å². The molecule has 1 aliphatic heterocycles. The highest BCUT2D eigenvalue weighted by molar-refractivity contribution is 5.97. The van der Waals surface area contributed by atoms with Crippen LogP contribution in [-0.2, 0) is 0 Å². The summed E-state index contributed by atoms with van der Waals surface area (Å²) in [4.78, 5) is 27.1. The fourth-order valence-electron chi connectivity index (χ4n) is 2.32. The van der Waals surface area contributed by atoms with Crippen molar-refractivity contribution >= 4 is 11.9 Å². The van der Waals surface area contributed by atoms with Crippen LogP contribution in [0.1, 0.15) is 27.1 Å². The van der Waals surface area contributed by atoms with E-state index in [9.17, 15) is 9.59 Å². The zero-order chi connectivity index (χ0) is 14.0. The van der Waals surface area contributed by atoms with Crippen LogP contribution in [-0.4, -0.2) is 60.0 Å². The third kappa shape index (κ3) is 2.93. The number of carbonyl (C=O) groups is 2. The molecule has 1 atom stereocenters. The Hall–Kier alpha value is -1.88. The summed E-state index contributed by atoms with van der Waals surface area (Å²) in [5.41, 5.74) is 0.591. The predicted molar refractivity (Wildman–Crippen MR) is 71.4 cm³/mol. The summed E-state index contributed by atoms with van der Waals surface area (Å²) in [5, 5.41) is 8.94. The van der Waals surface area contributed by atoms with Crippen LogP contribution < -0.4 is 0 Å². The number of aromatic carboxylic acids is 1. The topological polar surface area (TPSA) is 60.9 Å². The fourth-order valence-corrected chi connectivity index (χ4v) is 2.32. The number of amides is 1. The van der Waals surface area contributed by atoms with Gasteiger partial charge in [-0.15, -0.1) is 0 Å². The van der Waals surface area contributed by atoms with E-state index in [4.69, 9.17) is 5.11 Å². The average molecular weight is 262 g/mol. The van der Waals surface area contributed by atoms with Crippen LogP contribution >= 0.6 is 0 Å². The third-order valence-electron chi connectivity index (χ3n) is 3.54. The number of carboxylic acids is 1. The molecule has 0 saturated carbocycles. The standard InChI is InChI=1S/C14H18N2O3/c1-15(2)12-6-7-16(9-12)13(17)10-4-3-5-11(8-10)14(18)19/h3-5,8,12H,6-7,9H2,1-2H3,(H,18,19). The number of benzene rings is 1. The van der Waals surface area contributed by atoms with Crippen LogP contribution in [0.5, 0.6) is 0 Å². The SMILES string of the molecule is CN(C)C1CCN(C(=O)c2cccc(C(=O)O)c2)C1. The van der Waals surface area contributed by atoms with Crippen molar-refractivity contribution in [2.24, 2.45) is 0 Å². The van der Waals surface area contributed by atoms with Gasteiger partial charge in [0.1, 0.15) is 0 Å². The van der Waals surface area contributed by atoms with Crippen LogP contribution in [0.15, 0.2) is 24.3 Å². The lowest BCUT2D eigenvalue weighted by atomic mass is 10.1. The Kier molecular flexibility index (Phi) is 3.85. The number of hydrogen-bond donors (Lipinski definition) is 1. The van der Waals surface area contributed by atoms with Crippen molar-refractivity contribution in [2.45, 2.75) is 12.5 Å². The lowest BCUT2D eigenvalue weighted by molar-refractivity contribution is 0.0697. The van der Waals surface area contributed by atoms with Gasteiger partial charge in [-0.1, -0.05) is 6.07 Å². The van der Waals surface area contributed by atoms with Gasteiger partial charge in [0, 0.05) is 24.7 Å². The van der Waals surface area contributed by atoms with E-state index in [1.165, 1.54) is 12.1 Å². The molecule has 1 unspecified atom stereocenters. The maximum atomic E-state index is 12.3. The maximum Gasteiger partial charge on any atom is 0.335 e. The molecule has 102 valence electrons. The molecular weight excluding hydrogens is 244 g/mol. The van der Waals surface area contributed by atoms with Gasteiger partial charge < -0.3 is 14.9 Å². The fraction of sp³-hybridized carbons (Fsp3) is 0.429. The van der Waals surface area contributed by atoms with Crippen LogP contribution in [0, 0.1) is 0 Å². The van der Waals surface area contributed by atoms with Gasteiger partial charge in [0.2, 0.25) is 0 Å². The average Bonchev–Trinajstić information content (AvgIpc) is 2.87. The molecule has 1 amide bonds. The number of rotatable bonds is 3. The van der Waals surface area contributed by atoms with Crippen molar-refractivity contribution in [3.63, 3.8) is 0 Å². The van der Waals surface area contributed by atoms with Gasteiger partial charge in [-0.2, -0.15) is 0 Å². The minimum atomic E-state index is -1.01. The molecule has 1 aromatic carbocycles. The lowest BCUT2D eigenvalue weighted by Crippen LogP contribution is -2.34. The van der Waals surface area contributed by atoms with Gasteiger partial charge >= 0.3 is 5.97 Å². The molecule has 0 bridgehead atoms. The number of likely N-dealkylation sites (N-methyl/N-ethyl adjacent to an activating group) is 1. The van der Waals surface area contributed by atoms with E-state index in [-0.39, 0.29) is 11.5 Å². The van der Waals surface area contributed by atoms with Crippen molar-refractivity contribution in [3.05, 3.63) is 35.4 Å². The Bertz CT molecular complexity index is 499. The largest absolute Gasteiger partial charge is 0.478 e. The summed E-state index contributed by atoms with van der Waals surface area (Å²) in [5.74, 6) is -1.10. The summed E-state index contributed by atoms with van der Waals surface area (Å²) in [7, 11) is 4.01. The molecule has 1 fully saturated rings. The third-order valence-corrected chi connectivity index (χ3v) is 3.54. The van der Waals surface area contributed by atoms with Gasteiger partial charge in [-0.3, -0.25) is 4.79 Å². The molecule has 0 aromatic heterocycles. The number of likely N-dealkylation sites (tertiary alicyclic amines) is 1. The van der Waals surface area contributed by atoms with Gasteiger partial charge in [0.15, 0.2) is 0 Å². The van der Waals surface area contributed by atoms with Gasteiger partial charge in [0.05, 0.1) is 5.56 Å². The molecule has 0 spiro atoms. The monoisotopic (exact) mass is 262 g/mol. The summed E-state index contributed by atoms with van der Waals surface area (Å²) in [6.45, 7) is 1.42. The molecule has 0 aliphatic carbocycles. The first kappa shape index (κ1) is 13.5. The van der Waals surface area contributed by atoms with E-state index in [1.807, 2.05) is 14.1 Å². The summed E-state index contributed by atoms with van der Waals surface area (Å²) in [6, 6.07) is 6.58. The molecule has 1 aliphatic rings. The van der Waals surface area contributed by atoms with Crippen molar-refractivity contribution in [3.8, 4) is 0 Å². The molecule has 1 saturated heterocycles. The molecule has 1 N–H and O–H groups in total. The minimum Gasteiger partial charge on any atom is -0.478 e. The van der Waals surface area contributed by atoms with Crippen molar-refractivity contribution in [2.75, 3.05) is 27.2 Å². The van der Waals surface area contributed by atoms with E-state index in [1.54, 1.807) is 17.0 Å². The zero-order valence-electron chi connectivity index (χ0n) is 11.2. The Labute approximate surface area is 112 Å². The molecule has 5 heteroatoms. The van der Waals surface area contributed by atoms with E-state index in [0.717, 1.165) is 13.0 Å². The molecule has 5 nitrogen and oxygen atoms in total. The summed E-state index contributed by atoms with van der Waals surface area (Å²) < 4.78 is 0. The smallest absolute Gasteiger partial charge is 0.335 e. The Morgan fingerprint density at radius 1 is 1.32 bits per heavy atom. The first-order valence-electron chi connectivity index (χ1n) is 6.28. The van der Waals surface area contributed by atoms with Gasteiger partial charge in [-0.05, 0) is 38.7 Å². The first-order valence-corrected chi connectivity index (χ1v) is 6.28. The highest BCUT2D eigenvalue weighted by atomic mass is 16.4. The molecule has 2 rings (SSSR count). The van der Waals surface area contributed by atoms with Crippen molar-refractivity contribution in [1.29, 1.82) is 0 Å². The van der Waals surface area contributed by atoms with E-state index in [2.05, 4.69) is 4.90 Å². The maximum absolute atomic E-state index is 12.3. The lowest BCUT2D eigenvalue weighted by Gasteiger charge is -2.20. The second kappa shape index (κ2) is 5.40. The first-order chi connectivity index (χ1) is 8.99. The normalized spacial score (nSPS) is 18.9. The Morgan fingerprint density at radius 2 is 2.00 bits per heavy atom. The summed E-state index contributed by atoms with van der Waals surface area (Å²) >= 11 is 0. The van der Waals surface area contributed by atoms with Crippen LogP contribution in [0.25, 0.3) is 0 Å². The number of nitrogens with zero attached hydrogens (tertiary/aromatic N) is 2. The Balaban J connectivity index is 2.12. The second-order valence-electron chi connectivity index (χ2n) is 5.04. The van der Waals surface area contributed by atoms with E-state index in [0.29, 0.717) is 18.2 Å². The highest BCUT2D eigenvalue weighted by Crippen LogP contribution is 2.17. The number of carbonyl (C=O) groups excluding carboxylic acids is 1. The second-order valence-corrected chi connectivity index (χ2v) is 5.04. The molecule has 19 heavy (non-hydrogen) atoms. The predicted octanol–water partition coefficient (Wildman–Crippen LogP) is 1.16. The van der Waals surface area contributed by atoms with Crippen molar-refractivity contribution in [1.82, 2.24) is 9.80 Å². The van der Waals surface area contributed by atoms with Gasteiger partial charge in [-0.25, -0.2) is 4.79 Å². The summed E-state index contributed by atoms with van der Waals surface area (Å²) in [6.07, 6.45) is 0.956. The zero-order valence-corrected chi connectivity index (χ0v) is 11.2. The Morgan fingerprint density at radius 3 is 2.58 bits per heavy atom. The molecule has 0 radical (unpaired) electrons. The van der Waals surface area contributed by atoms with Crippen LogP contribution in [0.4, 0.5) is 0 Å². The number of carboxylic acid groups (broad SMARTS) is 1. The quantitative estimate of drug-likeness (QED) is 0.888. The van der Waals surface area contributed by atoms with Crippen LogP contribution in [0.3, 0.4) is 0 Å². The molecule has 1 aromatic rings. The van der Waals surface area contributed by atoms with E-state index < -0.39 is 5.97 Å².